The van der Waals surface area contributed by atoms with Gasteiger partial charge in [-0.25, -0.2) is 17.8 Å². The predicted octanol–water partition coefficient (Wildman–Crippen LogP) is 1.77. The zero-order valence-corrected chi connectivity index (χ0v) is 15.2. The van der Waals surface area contributed by atoms with Crippen LogP contribution >= 0.6 is 0 Å². The van der Waals surface area contributed by atoms with Crippen molar-refractivity contribution in [2.75, 3.05) is 23.5 Å². The van der Waals surface area contributed by atoms with E-state index < -0.39 is 9.84 Å². The number of carbonyl (C=O) groups is 1. The molecule has 138 valence electrons. The average molecular weight is 377 g/mol. The van der Waals surface area contributed by atoms with Crippen molar-refractivity contribution >= 4 is 21.6 Å². The van der Waals surface area contributed by atoms with Crippen molar-refractivity contribution in [3.63, 3.8) is 0 Å². The van der Waals surface area contributed by atoms with Crippen LogP contribution in [-0.4, -0.2) is 43.9 Å². The molecule has 26 heavy (non-hydrogen) atoms. The van der Waals surface area contributed by atoms with Crippen LogP contribution in [0.5, 0.6) is 0 Å². The highest BCUT2D eigenvalue weighted by atomic mass is 32.2. The van der Waals surface area contributed by atoms with Crippen LogP contribution in [-0.2, 0) is 16.4 Å². The zero-order chi connectivity index (χ0) is 18.7. The molecule has 1 unspecified atom stereocenters. The van der Waals surface area contributed by atoms with Crippen molar-refractivity contribution in [2.45, 2.75) is 19.0 Å². The van der Waals surface area contributed by atoms with E-state index >= 15 is 0 Å². The Morgan fingerprint density at radius 2 is 2.08 bits per heavy atom. The van der Waals surface area contributed by atoms with E-state index in [1.54, 1.807) is 37.4 Å². The molecule has 1 aliphatic heterocycles. The van der Waals surface area contributed by atoms with Gasteiger partial charge in [0.05, 0.1) is 17.1 Å². The smallest absolute Gasteiger partial charge is 0.253 e. The minimum Gasteiger partial charge on any atom is -0.356 e. The summed E-state index contributed by atoms with van der Waals surface area (Å²) in [7, 11) is -1.17. The van der Waals surface area contributed by atoms with E-state index in [1.165, 1.54) is 12.3 Å². The highest BCUT2D eigenvalue weighted by molar-refractivity contribution is 7.91. The number of rotatable bonds is 5. The van der Waals surface area contributed by atoms with Gasteiger partial charge in [0.15, 0.2) is 9.84 Å². The van der Waals surface area contributed by atoms with Crippen molar-refractivity contribution < 1.29 is 17.6 Å². The van der Waals surface area contributed by atoms with Gasteiger partial charge in [-0.15, -0.1) is 0 Å². The molecule has 1 amide bonds. The summed E-state index contributed by atoms with van der Waals surface area (Å²) in [5, 5.41) is 2.66. The largest absolute Gasteiger partial charge is 0.356 e. The number of nitrogens with zero attached hydrogens (tertiary/aromatic N) is 2. The fraction of sp³-hybridized carbons (Fsp3) is 0.333. The summed E-state index contributed by atoms with van der Waals surface area (Å²) in [5.41, 5.74) is 0.769. The summed E-state index contributed by atoms with van der Waals surface area (Å²) >= 11 is 0. The molecule has 2 aromatic rings. The van der Waals surface area contributed by atoms with Gasteiger partial charge in [-0.1, -0.05) is 18.2 Å². The topological polar surface area (TPSA) is 79.4 Å². The molecule has 3 rings (SSSR count). The number of benzene rings is 1. The molecule has 0 radical (unpaired) electrons. The van der Waals surface area contributed by atoms with E-state index in [9.17, 15) is 17.6 Å². The third-order valence-corrected chi connectivity index (χ3v) is 6.28. The summed E-state index contributed by atoms with van der Waals surface area (Å²) in [6.45, 7) is 0.0904. The number of nitrogens with one attached hydrogen (secondary N) is 1. The van der Waals surface area contributed by atoms with Gasteiger partial charge in [0.2, 0.25) is 0 Å². The quantitative estimate of drug-likeness (QED) is 0.859. The normalized spacial score (nSPS) is 18.5. The van der Waals surface area contributed by atoms with Crippen LogP contribution in [0.15, 0.2) is 42.6 Å². The second kappa shape index (κ2) is 7.41. The molecule has 1 aromatic heterocycles. The summed E-state index contributed by atoms with van der Waals surface area (Å²) in [4.78, 5) is 18.3. The van der Waals surface area contributed by atoms with Crippen LogP contribution in [0.25, 0.3) is 0 Å². The monoisotopic (exact) mass is 377 g/mol. The van der Waals surface area contributed by atoms with Crippen molar-refractivity contribution in [3.05, 3.63) is 59.5 Å². The van der Waals surface area contributed by atoms with Gasteiger partial charge >= 0.3 is 0 Å². The number of aromatic nitrogens is 1. The second-order valence-electron chi connectivity index (χ2n) is 6.35. The Balaban J connectivity index is 1.62. The van der Waals surface area contributed by atoms with Crippen molar-refractivity contribution in [2.24, 2.45) is 0 Å². The van der Waals surface area contributed by atoms with Crippen LogP contribution in [0, 0.1) is 5.82 Å². The van der Waals surface area contributed by atoms with E-state index in [0.717, 1.165) is 0 Å². The van der Waals surface area contributed by atoms with Gasteiger partial charge in [0, 0.05) is 31.4 Å². The van der Waals surface area contributed by atoms with E-state index in [-0.39, 0.29) is 35.8 Å². The number of hydrogen-bond donors (Lipinski definition) is 1. The van der Waals surface area contributed by atoms with E-state index in [2.05, 4.69) is 10.3 Å². The minimum absolute atomic E-state index is 0.0904. The van der Waals surface area contributed by atoms with Crippen molar-refractivity contribution in [1.29, 1.82) is 0 Å². The Kier molecular flexibility index (Phi) is 5.22. The Labute approximate surface area is 152 Å². The molecular weight excluding hydrogens is 357 g/mol. The van der Waals surface area contributed by atoms with Crippen LogP contribution in [0.2, 0.25) is 0 Å². The SMILES string of the molecule is CN(c1ccc(C(=O)NCc2ccccc2F)cn1)C1CCS(=O)(=O)C1. The standard InChI is InChI=1S/C18H20FN3O3S/c1-22(15-8-9-26(24,25)12-15)17-7-6-14(11-20-17)18(23)21-10-13-4-2-3-5-16(13)19/h2-7,11,15H,8-10,12H2,1H3,(H,21,23). The molecule has 2 heterocycles. The summed E-state index contributed by atoms with van der Waals surface area (Å²) in [6, 6.07) is 9.46. The lowest BCUT2D eigenvalue weighted by Crippen LogP contribution is -2.33. The van der Waals surface area contributed by atoms with Crippen LogP contribution in [0.3, 0.4) is 0 Å². The number of amides is 1. The van der Waals surface area contributed by atoms with Crippen LogP contribution in [0.4, 0.5) is 10.2 Å². The van der Waals surface area contributed by atoms with Crippen molar-refractivity contribution in [1.82, 2.24) is 10.3 Å². The maximum absolute atomic E-state index is 13.6. The molecule has 0 aliphatic carbocycles. The molecule has 8 heteroatoms. The van der Waals surface area contributed by atoms with Gasteiger partial charge < -0.3 is 10.2 Å². The summed E-state index contributed by atoms with van der Waals surface area (Å²) in [5.74, 6) is 0.208. The third-order valence-electron chi connectivity index (χ3n) is 4.52. The molecule has 1 fully saturated rings. The van der Waals surface area contributed by atoms with Crippen LogP contribution < -0.4 is 10.2 Å². The maximum Gasteiger partial charge on any atom is 0.253 e. The number of halogens is 1. The van der Waals surface area contributed by atoms with Crippen molar-refractivity contribution in [3.8, 4) is 0 Å². The van der Waals surface area contributed by atoms with E-state index in [0.29, 0.717) is 23.4 Å². The summed E-state index contributed by atoms with van der Waals surface area (Å²) < 4.78 is 36.8. The zero-order valence-electron chi connectivity index (χ0n) is 14.4. The number of sulfone groups is 1. The number of hydrogen-bond acceptors (Lipinski definition) is 5. The first-order valence-corrected chi connectivity index (χ1v) is 10.1. The van der Waals surface area contributed by atoms with E-state index in [1.807, 2.05) is 4.90 Å². The predicted molar refractivity (Wildman–Crippen MR) is 97.3 cm³/mol. The summed E-state index contributed by atoms with van der Waals surface area (Å²) in [6.07, 6.45) is 2.01. The van der Waals surface area contributed by atoms with Gasteiger partial charge in [0.25, 0.3) is 5.91 Å². The van der Waals surface area contributed by atoms with Crippen LogP contribution in [0.1, 0.15) is 22.3 Å². The fourth-order valence-corrected chi connectivity index (χ4v) is 4.69. The third kappa shape index (κ3) is 4.19. The first kappa shape index (κ1) is 18.3. The molecule has 0 bridgehead atoms. The average Bonchev–Trinajstić information content (AvgIpc) is 3.00. The molecule has 1 saturated heterocycles. The lowest BCUT2D eigenvalue weighted by atomic mass is 10.2. The highest BCUT2D eigenvalue weighted by Crippen LogP contribution is 2.21. The Bertz CT molecular complexity index is 900. The Morgan fingerprint density at radius 3 is 2.69 bits per heavy atom. The second-order valence-corrected chi connectivity index (χ2v) is 8.58. The molecule has 1 aliphatic rings. The number of pyridine rings is 1. The first-order valence-electron chi connectivity index (χ1n) is 8.26. The Hall–Kier alpha value is -2.48. The van der Waals surface area contributed by atoms with Gasteiger partial charge in [-0.2, -0.15) is 0 Å². The van der Waals surface area contributed by atoms with E-state index in [4.69, 9.17) is 0 Å². The minimum atomic E-state index is -2.97. The fourth-order valence-electron chi connectivity index (χ4n) is 2.92. The molecule has 1 atom stereocenters. The lowest BCUT2D eigenvalue weighted by Gasteiger charge is -2.24. The van der Waals surface area contributed by atoms with Gasteiger partial charge in [-0.05, 0) is 24.6 Å². The molecule has 0 saturated carbocycles. The van der Waals surface area contributed by atoms with Gasteiger partial charge in [-0.3, -0.25) is 4.79 Å². The molecular formula is C18H20FN3O3S. The molecule has 6 nitrogen and oxygen atoms in total. The van der Waals surface area contributed by atoms with Gasteiger partial charge in [0.1, 0.15) is 11.6 Å². The first-order chi connectivity index (χ1) is 12.4. The number of carbonyl (C=O) groups excluding carboxylic acids is 1. The Morgan fingerprint density at radius 1 is 1.31 bits per heavy atom. The molecule has 1 aromatic carbocycles. The number of anilines is 1. The molecule has 1 N–H and O–H groups in total. The highest BCUT2D eigenvalue weighted by Gasteiger charge is 2.31. The lowest BCUT2D eigenvalue weighted by molar-refractivity contribution is 0.0950. The molecule has 0 spiro atoms. The maximum atomic E-state index is 13.6.